The zero-order chi connectivity index (χ0) is 28.4. The number of primary amides is 1. The third-order valence-electron chi connectivity index (χ3n) is 4.69. The van der Waals surface area contributed by atoms with Crippen LogP contribution in [0.1, 0.15) is 32.1 Å². The van der Waals surface area contributed by atoms with Gasteiger partial charge in [-0.15, -0.1) is 13.2 Å². The molecule has 2 aromatic carbocycles. The monoisotopic (exact) mass is 547 g/mol. The van der Waals surface area contributed by atoms with E-state index in [4.69, 9.17) is 15.2 Å². The Morgan fingerprint density at radius 3 is 2.18 bits per heavy atom. The fourth-order valence-corrected chi connectivity index (χ4v) is 3.18. The number of hydrogen-bond acceptors (Lipinski definition) is 6. The molecule has 8 nitrogen and oxygen atoms in total. The summed E-state index contributed by atoms with van der Waals surface area (Å²) in [6.07, 6.45) is -10.2. The number of halogens is 7. The predicted molar refractivity (Wildman–Crippen MR) is 117 cm³/mol. The Bertz CT molecular complexity index is 1390. The van der Waals surface area contributed by atoms with Crippen LogP contribution in [0.25, 0.3) is 0 Å². The van der Waals surface area contributed by atoms with Gasteiger partial charge >= 0.3 is 12.5 Å². The molecule has 0 aliphatic rings. The molecular weight excluding hydrogens is 531 g/mol. The molecule has 3 rings (SSSR count). The number of methoxy groups -OCH3 is 1. The van der Waals surface area contributed by atoms with Crippen LogP contribution >= 0.6 is 0 Å². The van der Waals surface area contributed by atoms with Crippen LogP contribution in [0.4, 0.5) is 36.4 Å². The van der Waals surface area contributed by atoms with Crippen LogP contribution in [0.3, 0.4) is 0 Å². The van der Waals surface area contributed by atoms with E-state index >= 15 is 4.39 Å². The van der Waals surface area contributed by atoms with Crippen molar-refractivity contribution in [3.63, 3.8) is 0 Å². The Morgan fingerprint density at radius 2 is 1.61 bits per heavy atom. The second-order valence-corrected chi connectivity index (χ2v) is 7.46. The molecule has 0 atom stereocenters. The Kier molecular flexibility index (Phi) is 7.69. The first-order valence-corrected chi connectivity index (χ1v) is 10.2. The molecule has 0 spiro atoms. The van der Waals surface area contributed by atoms with Crippen molar-refractivity contribution in [3.05, 3.63) is 70.8 Å². The average molecular weight is 547 g/mol. The Morgan fingerprint density at radius 1 is 0.947 bits per heavy atom. The molecule has 0 bridgehead atoms. The first kappa shape index (κ1) is 28.0. The Balaban J connectivity index is 2.07. The predicted octanol–water partition coefficient (Wildman–Crippen LogP) is 5.60. The lowest BCUT2D eigenvalue weighted by Crippen LogP contribution is -2.20. The van der Waals surface area contributed by atoms with E-state index in [-0.39, 0.29) is 28.6 Å². The number of ether oxygens (including phenoxy) is 3. The van der Waals surface area contributed by atoms with Gasteiger partial charge < -0.3 is 25.3 Å². The van der Waals surface area contributed by atoms with Crippen LogP contribution in [-0.4, -0.2) is 30.3 Å². The molecule has 0 unspecified atom stereocenters. The number of alkyl halides is 6. The number of benzene rings is 2. The fraction of sp³-hybridized carbons (Fsp3) is 0.174. The molecule has 15 heteroatoms. The van der Waals surface area contributed by atoms with Crippen LogP contribution in [0.15, 0.2) is 42.5 Å². The van der Waals surface area contributed by atoms with Crippen molar-refractivity contribution in [3.8, 4) is 23.0 Å². The number of aryl methyl sites for hydroxylation is 1. The summed E-state index contributed by atoms with van der Waals surface area (Å²) >= 11 is 0. The van der Waals surface area contributed by atoms with Gasteiger partial charge in [-0.3, -0.25) is 9.59 Å². The average Bonchev–Trinajstić information content (AvgIpc) is 2.77. The maximum Gasteiger partial charge on any atom is 0.573 e. The molecule has 2 amide bonds. The molecular formula is C23H16F7N3O5. The first-order valence-electron chi connectivity index (χ1n) is 10.2. The van der Waals surface area contributed by atoms with Crippen LogP contribution in [0.5, 0.6) is 23.0 Å². The van der Waals surface area contributed by atoms with Crippen molar-refractivity contribution in [2.75, 3.05) is 12.4 Å². The summed E-state index contributed by atoms with van der Waals surface area (Å²) in [7, 11) is 1.04. The molecule has 38 heavy (non-hydrogen) atoms. The number of amides is 2. The van der Waals surface area contributed by atoms with E-state index in [0.717, 1.165) is 31.4 Å². The minimum atomic E-state index is -5.20. The van der Waals surface area contributed by atoms with Crippen molar-refractivity contribution in [2.45, 2.75) is 19.5 Å². The number of rotatable bonds is 7. The van der Waals surface area contributed by atoms with Gasteiger partial charge in [0, 0.05) is 17.4 Å². The van der Waals surface area contributed by atoms with Crippen molar-refractivity contribution in [1.82, 2.24) is 4.98 Å². The Labute approximate surface area is 209 Å². The number of nitrogens with one attached hydrogen (secondary N) is 1. The summed E-state index contributed by atoms with van der Waals surface area (Å²) in [6, 6.07) is 5.68. The van der Waals surface area contributed by atoms with E-state index < -0.39 is 52.8 Å². The molecule has 0 saturated carbocycles. The van der Waals surface area contributed by atoms with E-state index in [2.05, 4.69) is 15.0 Å². The SMILES string of the molecule is COc1cc(OC(F)(F)F)ccc1Oc1ccc(C(F)(F)F)c(F)c1C(=O)Nc1cc(C)nc(C(N)=O)c1. The van der Waals surface area contributed by atoms with Crippen LogP contribution in [-0.2, 0) is 6.18 Å². The van der Waals surface area contributed by atoms with E-state index in [1.807, 2.05) is 0 Å². The van der Waals surface area contributed by atoms with Crippen LogP contribution in [0, 0.1) is 12.7 Å². The van der Waals surface area contributed by atoms with Gasteiger partial charge in [-0.05, 0) is 43.3 Å². The molecule has 202 valence electrons. The van der Waals surface area contributed by atoms with Crippen molar-refractivity contribution in [2.24, 2.45) is 5.73 Å². The topological polar surface area (TPSA) is 113 Å². The van der Waals surface area contributed by atoms with Gasteiger partial charge in [0.15, 0.2) is 17.3 Å². The fourth-order valence-electron chi connectivity index (χ4n) is 3.18. The van der Waals surface area contributed by atoms with Gasteiger partial charge in [0.2, 0.25) is 0 Å². The maximum absolute atomic E-state index is 15.1. The van der Waals surface area contributed by atoms with Crippen LogP contribution < -0.4 is 25.3 Å². The van der Waals surface area contributed by atoms with E-state index in [0.29, 0.717) is 12.1 Å². The second-order valence-electron chi connectivity index (χ2n) is 7.46. The number of hydrogen-bond donors (Lipinski definition) is 2. The number of nitrogens with two attached hydrogens (primary N) is 1. The highest BCUT2D eigenvalue weighted by molar-refractivity contribution is 6.07. The van der Waals surface area contributed by atoms with Crippen molar-refractivity contribution >= 4 is 17.5 Å². The quantitative estimate of drug-likeness (QED) is 0.373. The number of aromatic nitrogens is 1. The number of carbonyl (C=O) groups is 2. The molecule has 3 N–H and O–H groups in total. The number of pyridine rings is 1. The van der Waals surface area contributed by atoms with Gasteiger partial charge in [0.25, 0.3) is 11.8 Å². The third kappa shape index (κ3) is 6.60. The normalized spacial score (nSPS) is 11.6. The number of anilines is 1. The van der Waals surface area contributed by atoms with E-state index in [1.54, 1.807) is 0 Å². The van der Waals surface area contributed by atoms with Gasteiger partial charge in [-0.2, -0.15) is 13.2 Å². The number of carbonyl (C=O) groups excluding carboxylic acids is 2. The van der Waals surface area contributed by atoms with Gasteiger partial charge in [-0.1, -0.05) is 0 Å². The summed E-state index contributed by atoms with van der Waals surface area (Å²) < 4.78 is 107. The molecule has 0 radical (unpaired) electrons. The molecule has 1 aromatic heterocycles. The second kappa shape index (κ2) is 10.4. The summed E-state index contributed by atoms with van der Waals surface area (Å²) in [4.78, 5) is 28.3. The summed E-state index contributed by atoms with van der Waals surface area (Å²) in [5, 5.41) is 2.15. The summed E-state index contributed by atoms with van der Waals surface area (Å²) in [6.45, 7) is 1.43. The minimum Gasteiger partial charge on any atom is -0.493 e. The highest BCUT2D eigenvalue weighted by Crippen LogP contribution is 2.40. The largest absolute Gasteiger partial charge is 0.573 e. The molecule has 0 aliphatic heterocycles. The van der Waals surface area contributed by atoms with Gasteiger partial charge in [0.1, 0.15) is 22.8 Å². The maximum atomic E-state index is 15.1. The Hall–Kier alpha value is -4.56. The number of nitrogens with zero attached hydrogens (tertiary/aromatic N) is 1. The highest BCUT2D eigenvalue weighted by atomic mass is 19.4. The molecule has 3 aromatic rings. The van der Waals surface area contributed by atoms with E-state index in [1.165, 1.54) is 13.0 Å². The first-order chi connectivity index (χ1) is 17.6. The highest BCUT2D eigenvalue weighted by Gasteiger charge is 2.38. The lowest BCUT2D eigenvalue weighted by molar-refractivity contribution is -0.274. The smallest absolute Gasteiger partial charge is 0.493 e. The lowest BCUT2D eigenvalue weighted by Gasteiger charge is -2.18. The minimum absolute atomic E-state index is 0.148. The molecule has 0 fully saturated rings. The van der Waals surface area contributed by atoms with Crippen LogP contribution in [0.2, 0.25) is 0 Å². The zero-order valence-electron chi connectivity index (χ0n) is 19.3. The molecule has 1 heterocycles. The summed E-state index contributed by atoms with van der Waals surface area (Å²) in [5.74, 6) is -6.60. The molecule has 0 aliphatic carbocycles. The van der Waals surface area contributed by atoms with Crippen molar-refractivity contribution < 1.29 is 54.5 Å². The third-order valence-corrected chi connectivity index (χ3v) is 4.69. The van der Waals surface area contributed by atoms with Gasteiger partial charge in [0.05, 0.1) is 12.7 Å². The lowest BCUT2D eigenvalue weighted by atomic mass is 10.1. The summed E-state index contributed by atoms with van der Waals surface area (Å²) in [5.41, 5.74) is 1.94. The van der Waals surface area contributed by atoms with Gasteiger partial charge in [-0.25, -0.2) is 9.37 Å². The standard InChI is InChI=1S/C23H16F7N3O5/c1-10-7-11(8-14(32-10)20(31)34)33-21(35)18-16(6-4-13(19(18)24)22(25,26)27)37-15-5-3-12(9-17(15)36-2)38-23(28,29)30/h3-9H,1-2H3,(H2,31,34)(H,32,33,35). The van der Waals surface area contributed by atoms with E-state index in [9.17, 15) is 35.9 Å². The van der Waals surface area contributed by atoms with Crippen molar-refractivity contribution in [1.29, 1.82) is 0 Å². The molecule has 0 saturated heterocycles. The zero-order valence-corrected chi connectivity index (χ0v) is 19.3.